The summed E-state index contributed by atoms with van der Waals surface area (Å²) in [4.78, 5) is 33.5. The number of hydrogen-bond acceptors (Lipinski definition) is 3. The van der Waals surface area contributed by atoms with Crippen molar-refractivity contribution in [1.82, 2.24) is 0 Å². The van der Waals surface area contributed by atoms with Gasteiger partial charge in [-0.05, 0) is 58.9 Å². The maximum absolute atomic E-state index is 11.2. The molecule has 0 N–H and O–H groups in total. The highest BCUT2D eigenvalue weighted by molar-refractivity contribution is 6.70. The lowest BCUT2D eigenvalue weighted by molar-refractivity contribution is 0.107. The van der Waals surface area contributed by atoms with E-state index in [1.165, 1.54) is 12.1 Å². The summed E-state index contributed by atoms with van der Waals surface area (Å²) in [6.45, 7) is 1.74. The van der Waals surface area contributed by atoms with E-state index in [-0.39, 0.29) is 16.7 Å². The van der Waals surface area contributed by atoms with Gasteiger partial charge >= 0.3 is 0 Å². The number of rotatable bonds is 4. The Morgan fingerprint density at radius 3 is 1.59 bits per heavy atom. The van der Waals surface area contributed by atoms with Gasteiger partial charge in [-0.3, -0.25) is 14.4 Å². The van der Waals surface area contributed by atoms with Crippen molar-refractivity contribution in [2.75, 3.05) is 0 Å². The molecule has 0 aliphatic carbocycles. The van der Waals surface area contributed by atoms with E-state index in [4.69, 9.17) is 34.8 Å². The molecule has 0 radical (unpaired) electrons. The summed E-state index contributed by atoms with van der Waals surface area (Å²) in [5.74, 6) is 0. The van der Waals surface area contributed by atoms with Crippen LogP contribution in [0.5, 0.6) is 0 Å². The van der Waals surface area contributed by atoms with Crippen LogP contribution >= 0.6 is 34.8 Å². The molecule has 0 aromatic heterocycles. The molecular formula is C11H7Cl3O3. The Labute approximate surface area is 113 Å². The highest BCUT2D eigenvalue weighted by Gasteiger charge is 2.19. The van der Waals surface area contributed by atoms with E-state index < -0.39 is 15.7 Å². The number of carbonyl (C=O) groups is 3. The van der Waals surface area contributed by atoms with Crippen LogP contribution in [0.1, 0.15) is 43.6 Å². The van der Waals surface area contributed by atoms with Gasteiger partial charge in [-0.2, -0.15) is 0 Å². The maximum Gasteiger partial charge on any atom is 0.252 e. The van der Waals surface area contributed by atoms with Gasteiger partial charge in [0.1, 0.15) is 0 Å². The Kier molecular flexibility index (Phi) is 4.69. The molecule has 3 nitrogen and oxygen atoms in total. The Morgan fingerprint density at radius 1 is 0.941 bits per heavy atom. The predicted octanol–water partition coefficient (Wildman–Crippen LogP) is 3.39. The van der Waals surface area contributed by atoms with Gasteiger partial charge in [-0.15, -0.1) is 0 Å². The van der Waals surface area contributed by atoms with E-state index >= 15 is 0 Å². The van der Waals surface area contributed by atoms with Gasteiger partial charge in [0.2, 0.25) is 0 Å². The Hall–Kier alpha value is -0.900. The zero-order chi connectivity index (χ0) is 13.2. The lowest BCUT2D eigenvalue weighted by Gasteiger charge is -2.09. The van der Waals surface area contributed by atoms with Gasteiger partial charge in [0, 0.05) is 16.7 Å². The van der Waals surface area contributed by atoms with Crippen molar-refractivity contribution in [3.05, 3.63) is 34.4 Å². The molecule has 0 bridgehead atoms. The Morgan fingerprint density at radius 2 is 1.35 bits per heavy atom. The summed E-state index contributed by atoms with van der Waals surface area (Å²) in [5, 5.41) is -2.31. The molecule has 0 spiro atoms. The highest BCUT2D eigenvalue weighted by Crippen LogP contribution is 2.23. The van der Waals surface area contributed by atoms with Crippen molar-refractivity contribution < 1.29 is 14.4 Å². The zero-order valence-electron chi connectivity index (χ0n) is 8.72. The fraction of sp³-hybridized carbons (Fsp3) is 0.182. The molecule has 0 fully saturated rings. The third kappa shape index (κ3) is 3.06. The quantitative estimate of drug-likeness (QED) is 0.800. The summed E-state index contributed by atoms with van der Waals surface area (Å²) >= 11 is 16.1. The Bertz CT molecular complexity index is 474. The fourth-order valence-corrected chi connectivity index (χ4v) is 1.96. The van der Waals surface area contributed by atoms with Gasteiger partial charge < -0.3 is 0 Å². The molecular weight excluding hydrogens is 286 g/mol. The first-order valence-electron chi connectivity index (χ1n) is 4.64. The molecule has 6 heteroatoms. The first-order valence-corrected chi connectivity index (χ1v) is 5.78. The van der Waals surface area contributed by atoms with E-state index in [1.807, 2.05) is 0 Å². The van der Waals surface area contributed by atoms with Crippen LogP contribution < -0.4 is 0 Å². The third-order valence-corrected chi connectivity index (χ3v) is 2.88. The average molecular weight is 294 g/mol. The minimum atomic E-state index is -0.786. The number of hydrogen-bond donors (Lipinski definition) is 0. The second kappa shape index (κ2) is 5.63. The Balaban J connectivity index is 3.63. The first-order chi connectivity index (χ1) is 7.88. The van der Waals surface area contributed by atoms with Gasteiger partial charge in [0.25, 0.3) is 15.7 Å². The van der Waals surface area contributed by atoms with Crippen molar-refractivity contribution in [2.45, 2.75) is 13.3 Å². The van der Waals surface area contributed by atoms with Crippen molar-refractivity contribution in [2.24, 2.45) is 0 Å². The highest BCUT2D eigenvalue weighted by atomic mass is 35.5. The minimum absolute atomic E-state index is 0.0110. The number of carbonyl (C=O) groups excluding carboxylic acids is 3. The topological polar surface area (TPSA) is 51.2 Å². The first kappa shape index (κ1) is 14.2. The number of benzene rings is 1. The van der Waals surface area contributed by atoms with Crippen molar-refractivity contribution in [3.63, 3.8) is 0 Å². The lowest BCUT2D eigenvalue weighted by atomic mass is 9.97. The second-order valence-corrected chi connectivity index (χ2v) is 4.25. The normalized spacial score (nSPS) is 10.1. The van der Waals surface area contributed by atoms with E-state index in [0.29, 0.717) is 12.0 Å². The predicted molar refractivity (Wildman–Crippen MR) is 66.4 cm³/mol. The van der Waals surface area contributed by atoms with Crippen molar-refractivity contribution in [1.29, 1.82) is 0 Å². The van der Waals surface area contributed by atoms with E-state index in [2.05, 4.69) is 0 Å². The summed E-state index contributed by atoms with van der Waals surface area (Å²) in [5.41, 5.74) is 0.567. The molecule has 0 heterocycles. The monoisotopic (exact) mass is 292 g/mol. The van der Waals surface area contributed by atoms with Gasteiger partial charge in [0.05, 0.1) is 0 Å². The smallest absolute Gasteiger partial charge is 0.252 e. The SMILES string of the molecule is CCc1c(C(=O)Cl)cc(C(=O)Cl)cc1C(=O)Cl. The molecule has 0 atom stereocenters. The molecule has 1 aromatic rings. The van der Waals surface area contributed by atoms with Crippen LogP contribution in [-0.2, 0) is 6.42 Å². The van der Waals surface area contributed by atoms with E-state index in [0.717, 1.165) is 0 Å². The second-order valence-electron chi connectivity index (χ2n) is 3.22. The molecule has 1 aromatic carbocycles. The molecule has 0 saturated heterocycles. The molecule has 0 saturated carbocycles. The van der Waals surface area contributed by atoms with Crippen LogP contribution in [0.2, 0.25) is 0 Å². The molecule has 17 heavy (non-hydrogen) atoms. The van der Waals surface area contributed by atoms with E-state index in [9.17, 15) is 14.4 Å². The zero-order valence-corrected chi connectivity index (χ0v) is 11.0. The van der Waals surface area contributed by atoms with Crippen LogP contribution in [0.3, 0.4) is 0 Å². The fourth-order valence-electron chi connectivity index (χ4n) is 1.52. The number of halogens is 3. The molecule has 0 aliphatic rings. The summed E-state index contributed by atoms with van der Waals surface area (Å²) in [6.07, 6.45) is 0.387. The van der Waals surface area contributed by atoms with E-state index in [1.54, 1.807) is 6.92 Å². The molecule has 0 aliphatic heterocycles. The maximum atomic E-state index is 11.2. The largest absolute Gasteiger partial charge is 0.276 e. The van der Waals surface area contributed by atoms with Crippen LogP contribution in [0.25, 0.3) is 0 Å². The lowest BCUT2D eigenvalue weighted by Crippen LogP contribution is -2.07. The molecule has 90 valence electrons. The summed E-state index contributed by atoms with van der Waals surface area (Å²) < 4.78 is 0. The van der Waals surface area contributed by atoms with Crippen molar-refractivity contribution in [3.8, 4) is 0 Å². The molecule has 0 unspecified atom stereocenters. The summed E-state index contributed by atoms with van der Waals surface area (Å²) in [7, 11) is 0. The van der Waals surface area contributed by atoms with Crippen LogP contribution in [0.4, 0.5) is 0 Å². The van der Waals surface area contributed by atoms with Gasteiger partial charge in [0.15, 0.2) is 0 Å². The van der Waals surface area contributed by atoms with Crippen LogP contribution in [-0.4, -0.2) is 15.7 Å². The van der Waals surface area contributed by atoms with Gasteiger partial charge in [-0.25, -0.2) is 0 Å². The molecule has 1 rings (SSSR count). The average Bonchev–Trinajstić information content (AvgIpc) is 2.26. The molecule has 0 amide bonds. The minimum Gasteiger partial charge on any atom is -0.276 e. The summed E-state index contributed by atoms with van der Waals surface area (Å²) in [6, 6.07) is 2.51. The van der Waals surface area contributed by atoms with Crippen LogP contribution in [0.15, 0.2) is 12.1 Å². The standard InChI is InChI=1S/C11H7Cl3O3/c1-2-6-7(10(13)16)3-5(9(12)15)4-8(6)11(14)17/h3-4H,2H2,1H3. The van der Waals surface area contributed by atoms with Gasteiger partial charge in [-0.1, -0.05) is 6.92 Å². The van der Waals surface area contributed by atoms with Crippen molar-refractivity contribution >= 4 is 50.5 Å². The van der Waals surface area contributed by atoms with Crippen LogP contribution in [0, 0.1) is 0 Å². The third-order valence-electron chi connectivity index (χ3n) is 2.25.